The predicted octanol–water partition coefficient (Wildman–Crippen LogP) is 3.81. The van der Waals surface area contributed by atoms with Crippen molar-refractivity contribution >= 4 is 5.91 Å². The van der Waals surface area contributed by atoms with Gasteiger partial charge in [-0.25, -0.2) is 4.39 Å². The second-order valence-electron chi connectivity index (χ2n) is 7.55. The van der Waals surface area contributed by atoms with Crippen LogP contribution in [0.2, 0.25) is 0 Å². The topological polar surface area (TPSA) is 36.4 Å². The molecule has 2 heterocycles. The molecule has 2 aromatic carbocycles. The Bertz CT molecular complexity index is 975. The summed E-state index contributed by atoms with van der Waals surface area (Å²) in [5.74, 6) is -0.211. The van der Waals surface area contributed by atoms with E-state index in [0.29, 0.717) is 19.5 Å². The molecule has 4 rings (SSSR count). The van der Waals surface area contributed by atoms with E-state index in [1.165, 1.54) is 23.3 Å². The van der Waals surface area contributed by atoms with E-state index < -0.39 is 0 Å². The molecule has 1 aromatic heterocycles. The van der Waals surface area contributed by atoms with Gasteiger partial charge in [0.2, 0.25) is 5.91 Å². The molecule has 0 bridgehead atoms. The molecule has 3 aromatic rings. The summed E-state index contributed by atoms with van der Waals surface area (Å²) in [6.45, 7) is 1.59. The summed E-state index contributed by atoms with van der Waals surface area (Å²) in [5, 5.41) is 0. The number of likely N-dealkylation sites (N-methyl/N-ethyl adjacent to an activating group) is 1. The molecule has 148 valence electrons. The van der Waals surface area contributed by atoms with Crippen LogP contribution in [0, 0.1) is 5.82 Å². The Morgan fingerprint density at radius 2 is 1.76 bits per heavy atom. The first-order chi connectivity index (χ1) is 14.1. The molecule has 0 N–H and O–H groups in total. The highest BCUT2D eigenvalue weighted by Crippen LogP contribution is 2.24. The van der Waals surface area contributed by atoms with Crippen molar-refractivity contribution in [2.75, 3.05) is 7.05 Å². The van der Waals surface area contributed by atoms with Gasteiger partial charge in [0, 0.05) is 19.3 Å². The van der Waals surface area contributed by atoms with E-state index in [2.05, 4.69) is 22.0 Å². The number of fused-ring (bicyclic) bond motifs is 1. The van der Waals surface area contributed by atoms with Crippen molar-refractivity contribution in [3.8, 4) is 0 Å². The maximum Gasteiger partial charge on any atom is 0.240 e. The molecule has 5 heteroatoms. The lowest BCUT2D eigenvalue weighted by Gasteiger charge is -2.36. The molecular formula is C24H24FN3O. The molecule has 0 spiro atoms. The van der Waals surface area contributed by atoms with E-state index in [0.717, 1.165) is 17.8 Å². The summed E-state index contributed by atoms with van der Waals surface area (Å²) in [5.41, 5.74) is 4.23. The first kappa shape index (κ1) is 19.3. The van der Waals surface area contributed by atoms with E-state index >= 15 is 0 Å². The Hall–Kier alpha value is -3.05. The van der Waals surface area contributed by atoms with Gasteiger partial charge in [0.15, 0.2) is 0 Å². The fourth-order valence-electron chi connectivity index (χ4n) is 3.85. The van der Waals surface area contributed by atoms with Crippen LogP contribution in [0.3, 0.4) is 0 Å². The normalized spacial score (nSPS) is 16.3. The molecule has 0 aliphatic carbocycles. The lowest BCUT2D eigenvalue weighted by molar-refractivity contribution is -0.138. The molecule has 29 heavy (non-hydrogen) atoms. The molecule has 0 radical (unpaired) electrons. The van der Waals surface area contributed by atoms with Gasteiger partial charge in [-0.05, 0) is 54.4 Å². The summed E-state index contributed by atoms with van der Waals surface area (Å²) in [7, 11) is 2.00. The van der Waals surface area contributed by atoms with Crippen LogP contribution in [0.5, 0.6) is 0 Å². The second kappa shape index (κ2) is 8.53. The number of carbonyl (C=O) groups is 1. The lowest BCUT2D eigenvalue weighted by Crippen LogP contribution is -2.49. The number of carbonyl (C=O) groups excluding carboxylic acids is 1. The minimum Gasteiger partial charge on any atom is -0.331 e. The number of pyridine rings is 1. The van der Waals surface area contributed by atoms with Crippen LogP contribution in [0.4, 0.5) is 4.39 Å². The summed E-state index contributed by atoms with van der Waals surface area (Å²) < 4.78 is 13.3. The molecule has 1 aliphatic heterocycles. The number of benzene rings is 2. The molecule has 1 aliphatic rings. The number of nitrogens with zero attached hydrogens (tertiary/aromatic N) is 3. The average Bonchev–Trinajstić information content (AvgIpc) is 2.74. The van der Waals surface area contributed by atoms with Crippen LogP contribution in [-0.4, -0.2) is 33.8 Å². The van der Waals surface area contributed by atoms with Crippen molar-refractivity contribution in [1.82, 2.24) is 14.8 Å². The van der Waals surface area contributed by atoms with Crippen LogP contribution in [0.25, 0.3) is 0 Å². The molecule has 0 saturated heterocycles. The van der Waals surface area contributed by atoms with Gasteiger partial charge in [-0.3, -0.25) is 14.7 Å². The predicted molar refractivity (Wildman–Crippen MR) is 110 cm³/mol. The first-order valence-corrected chi connectivity index (χ1v) is 9.80. The van der Waals surface area contributed by atoms with E-state index in [1.54, 1.807) is 18.3 Å². The van der Waals surface area contributed by atoms with Gasteiger partial charge in [0.1, 0.15) is 5.82 Å². The second-order valence-corrected chi connectivity index (χ2v) is 7.55. The van der Waals surface area contributed by atoms with E-state index in [9.17, 15) is 9.18 Å². The average molecular weight is 389 g/mol. The van der Waals surface area contributed by atoms with E-state index in [1.807, 2.05) is 42.3 Å². The molecule has 1 atom stereocenters. The van der Waals surface area contributed by atoms with Gasteiger partial charge >= 0.3 is 0 Å². The van der Waals surface area contributed by atoms with Crippen LogP contribution >= 0.6 is 0 Å². The Balaban J connectivity index is 1.59. The number of hydrogen-bond donors (Lipinski definition) is 0. The third kappa shape index (κ3) is 4.51. The van der Waals surface area contributed by atoms with Crippen LogP contribution in [-0.2, 0) is 30.8 Å². The highest BCUT2D eigenvalue weighted by molar-refractivity contribution is 5.82. The smallest absolute Gasteiger partial charge is 0.240 e. The van der Waals surface area contributed by atoms with Crippen molar-refractivity contribution in [2.45, 2.75) is 32.1 Å². The standard InChI is InChI=1S/C24H24FN3O/c1-27-16-20-7-3-2-6-19(20)14-23(27)24(29)28(17-22-8-4-5-13-26-22)15-18-9-11-21(25)12-10-18/h2-13,23H,14-17H2,1H3. The van der Waals surface area contributed by atoms with Crippen LogP contribution in [0.15, 0.2) is 72.9 Å². The summed E-state index contributed by atoms with van der Waals surface area (Å²) in [6, 6.07) is 20.1. The zero-order valence-corrected chi connectivity index (χ0v) is 16.5. The number of aromatic nitrogens is 1. The zero-order chi connectivity index (χ0) is 20.2. The van der Waals surface area contributed by atoms with Gasteiger partial charge in [-0.2, -0.15) is 0 Å². The quantitative estimate of drug-likeness (QED) is 0.666. The highest BCUT2D eigenvalue weighted by Gasteiger charge is 2.32. The third-order valence-corrected chi connectivity index (χ3v) is 5.45. The summed E-state index contributed by atoms with van der Waals surface area (Å²) >= 11 is 0. The molecule has 1 amide bonds. The fourth-order valence-corrected chi connectivity index (χ4v) is 3.85. The first-order valence-electron chi connectivity index (χ1n) is 9.80. The fraction of sp³-hybridized carbons (Fsp3) is 0.250. The minimum atomic E-state index is -0.278. The van der Waals surface area contributed by atoms with Crippen molar-refractivity contribution in [3.05, 3.63) is 101 Å². The van der Waals surface area contributed by atoms with Crippen LogP contribution in [0.1, 0.15) is 22.4 Å². The maximum absolute atomic E-state index is 13.6. The van der Waals surface area contributed by atoms with E-state index in [-0.39, 0.29) is 17.8 Å². The van der Waals surface area contributed by atoms with Gasteiger partial charge in [-0.15, -0.1) is 0 Å². The maximum atomic E-state index is 13.6. The van der Waals surface area contributed by atoms with Crippen molar-refractivity contribution < 1.29 is 9.18 Å². The van der Waals surface area contributed by atoms with Crippen molar-refractivity contribution in [1.29, 1.82) is 0 Å². The van der Waals surface area contributed by atoms with Gasteiger partial charge in [0.05, 0.1) is 18.3 Å². The van der Waals surface area contributed by atoms with Gasteiger partial charge in [0.25, 0.3) is 0 Å². The molecule has 0 fully saturated rings. The Morgan fingerprint density at radius 3 is 2.48 bits per heavy atom. The van der Waals surface area contributed by atoms with Crippen molar-refractivity contribution in [3.63, 3.8) is 0 Å². The minimum absolute atomic E-state index is 0.0666. The molecule has 1 unspecified atom stereocenters. The third-order valence-electron chi connectivity index (χ3n) is 5.45. The summed E-state index contributed by atoms with van der Waals surface area (Å²) in [4.78, 5) is 21.9. The van der Waals surface area contributed by atoms with Crippen LogP contribution < -0.4 is 0 Å². The number of amides is 1. The number of rotatable bonds is 5. The lowest BCUT2D eigenvalue weighted by atomic mass is 9.93. The number of hydrogen-bond acceptors (Lipinski definition) is 3. The molecule has 0 saturated carbocycles. The Kier molecular flexibility index (Phi) is 5.67. The van der Waals surface area contributed by atoms with Gasteiger partial charge in [-0.1, -0.05) is 42.5 Å². The van der Waals surface area contributed by atoms with Crippen molar-refractivity contribution in [2.24, 2.45) is 0 Å². The molecular weight excluding hydrogens is 365 g/mol. The number of halogens is 1. The Labute approximate surface area is 170 Å². The van der Waals surface area contributed by atoms with Gasteiger partial charge < -0.3 is 4.90 Å². The highest BCUT2D eigenvalue weighted by atomic mass is 19.1. The monoisotopic (exact) mass is 389 g/mol. The SMILES string of the molecule is CN1Cc2ccccc2CC1C(=O)N(Cc1ccc(F)cc1)Cc1ccccn1. The zero-order valence-electron chi connectivity index (χ0n) is 16.5. The molecule has 4 nitrogen and oxygen atoms in total. The Morgan fingerprint density at radius 1 is 1.03 bits per heavy atom. The summed E-state index contributed by atoms with van der Waals surface area (Å²) in [6.07, 6.45) is 2.42. The largest absolute Gasteiger partial charge is 0.331 e. The van der Waals surface area contributed by atoms with E-state index in [4.69, 9.17) is 0 Å².